The third-order valence-corrected chi connectivity index (χ3v) is 4.59. The van der Waals surface area contributed by atoms with Crippen LogP contribution in [0.15, 0.2) is 47.5 Å². The summed E-state index contributed by atoms with van der Waals surface area (Å²) in [6.07, 6.45) is 0.132. The van der Waals surface area contributed by atoms with Gasteiger partial charge < -0.3 is 22.1 Å². The van der Waals surface area contributed by atoms with Crippen LogP contribution in [0.4, 0.5) is 8.78 Å². The fourth-order valence-electron chi connectivity index (χ4n) is 2.76. The normalized spacial score (nSPS) is 14.3. The summed E-state index contributed by atoms with van der Waals surface area (Å²) in [4.78, 5) is 16.6. The van der Waals surface area contributed by atoms with Crippen molar-refractivity contribution in [3.63, 3.8) is 0 Å². The average Bonchev–Trinajstić information content (AvgIpc) is 2.72. The van der Waals surface area contributed by atoms with Gasteiger partial charge in [0.1, 0.15) is 11.6 Å². The van der Waals surface area contributed by atoms with Crippen molar-refractivity contribution in [1.82, 2.24) is 10.6 Å². The van der Waals surface area contributed by atoms with Gasteiger partial charge in [-0.2, -0.15) is 10.3 Å². The second-order valence-electron chi connectivity index (χ2n) is 7.21. The van der Waals surface area contributed by atoms with E-state index in [9.17, 15) is 13.6 Å². The summed E-state index contributed by atoms with van der Waals surface area (Å²) in [6, 6.07) is 10.5. The van der Waals surface area contributed by atoms with Gasteiger partial charge in [-0.25, -0.2) is 8.78 Å². The van der Waals surface area contributed by atoms with Gasteiger partial charge >= 0.3 is 0 Å². The van der Waals surface area contributed by atoms with Crippen LogP contribution in [0.5, 0.6) is 0 Å². The zero-order valence-electron chi connectivity index (χ0n) is 17.4. The lowest BCUT2D eigenvalue weighted by molar-refractivity contribution is 0.100. The zero-order valence-corrected chi connectivity index (χ0v) is 17.4. The Morgan fingerprint density at radius 1 is 1.16 bits per heavy atom. The number of hydrogen-bond donors (Lipinski definition) is 4. The van der Waals surface area contributed by atoms with Crippen molar-refractivity contribution >= 4 is 11.9 Å². The Kier molecular flexibility index (Phi) is 8.61. The van der Waals surface area contributed by atoms with E-state index in [1.165, 1.54) is 6.07 Å². The van der Waals surface area contributed by atoms with Crippen LogP contribution in [0.1, 0.15) is 54.2 Å². The summed E-state index contributed by atoms with van der Waals surface area (Å²) in [5.41, 5.74) is 13.0. The lowest BCUT2D eigenvalue weighted by Gasteiger charge is -2.23. The van der Waals surface area contributed by atoms with Crippen LogP contribution in [0.2, 0.25) is 0 Å². The van der Waals surface area contributed by atoms with Gasteiger partial charge in [0, 0.05) is 23.7 Å². The molecule has 0 aliphatic heterocycles. The van der Waals surface area contributed by atoms with Crippen LogP contribution < -0.4 is 22.1 Å². The number of carbonyl (C=O) groups excluding carboxylic acids is 1. The van der Waals surface area contributed by atoms with Crippen LogP contribution in [0, 0.1) is 23.0 Å². The molecule has 0 aliphatic rings. The van der Waals surface area contributed by atoms with Gasteiger partial charge in [0.2, 0.25) is 5.96 Å². The maximum atomic E-state index is 13.4. The molecule has 9 heteroatoms. The van der Waals surface area contributed by atoms with Crippen molar-refractivity contribution in [2.75, 3.05) is 0 Å². The van der Waals surface area contributed by atoms with Gasteiger partial charge in [0.05, 0.1) is 17.8 Å². The molecule has 0 spiro atoms. The first kappa shape index (κ1) is 23.9. The number of nitrogens with two attached hydrogens (primary N) is 2. The molecule has 0 saturated carbocycles. The Labute approximate surface area is 180 Å². The third-order valence-electron chi connectivity index (χ3n) is 4.59. The molecule has 0 heterocycles. The van der Waals surface area contributed by atoms with Crippen molar-refractivity contribution in [2.24, 2.45) is 16.5 Å². The number of carbonyl (C=O) groups is 1. The van der Waals surface area contributed by atoms with Gasteiger partial charge in [-0.05, 0) is 55.7 Å². The molecule has 164 valence electrons. The third kappa shape index (κ3) is 7.44. The summed E-state index contributed by atoms with van der Waals surface area (Å²) in [6.45, 7) is 3.87. The molecular weight excluding hydrogens is 402 g/mol. The molecule has 0 aliphatic carbocycles. The van der Waals surface area contributed by atoms with E-state index in [4.69, 9.17) is 16.7 Å². The number of rotatable bonds is 7. The largest absolute Gasteiger partial charge is 0.354 e. The monoisotopic (exact) mass is 428 g/mol. The number of hydrogen-bond acceptors (Lipinski definition) is 4. The Morgan fingerprint density at radius 2 is 1.84 bits per heavy atom. The van der Waals surface area contributed by atoms with Crippen molar-refractivity contribution in [3.05, 3.63) is 70.8 Å². The minimum absolute atomic E-state index is 0.0114. The summed E-state index contributed by atoms with van der Waals surface area (Å²) in [5.74, 6) is -1.86. The Morgan fingerprint density at radius 3 is 2.45 bits per heavy atom. The van der Waals surface area contributed by atoms with Gasteiger partial charge in [0.15, 0.2) is 0 Å². The Balaban J connectivity index is 2.16. The number of nitrogens with zero attached hydrogens (tertiary/aromatic N) is 2. The highest BCUT2D eigenvalue weighted by Crippen LogP contribution is 2.17. The van der Waals surface area contributed by atoms with E-state index in [1.807, 2.05) is 19.9 Å². The van der Waals surface area contributed by atoms with E-state index in [0.29, 0.717) is 5.56 Å². The van der Waals surface area contributed by atoms with E-state index in [-0.39, 0.29) is 29.5 Å². The lowest BCUT2D eigenvalue weighted by atomic mass is 10.0. The molecule has 2 rings (SSSR count). The number of halogens is 2. The minimum atomic E-state index is -0.755. The molecule has 0 bridgehead atoms. The van der Waals surface area contributed by atoms with Crippen LogP contribution in [-0.4, -0.2) is 24.1 Å². The van der Waals surface area contributed by atoms with Crippen molar-refractivity contribution < 1.29 is 13.6 Å². The molecule has 7 nitrogen and oxygen atoms in total. The molecule has 2 aromatic carbocycles. The smallest absolute Gasteiger partial charge is 0.280 e. The van der Waals surface area contributed by atoms with Crippen LogP contribution >= 0.6 is 0 Å². The molecule has 1 amide bonds. The number of aliphatic imine (C=N–C) groups is 1. The first-order valence-corrected chi connectivity index (χ1v) is 9.85. The van der Waals surface area contributed by atoms with E-state index in [2.05, 4.69) is 15.6 Å². The highest BCUT2D eigenvalue weighted by molar-refractivity contribution is 6.02. The fourth-order valence-corrected chi connectivity index (χ4v) is 2.76. The average molecular weight is 428 g/mol. The number of nitriles is 1. The molecule has 0 aromatic heterocycles. The summed E-state index contributed by atoms with van der Waals surface area (Å²) in [5, 5.41) is 15.0. The molecule has 31 heavy (non-hydrogen) atoms. The highest BCUT2D eigenvalue weighted by Gasteiger charge is 2.17. The second kappa shape index (κ2) is 11.2. The highest BCUT2D eigenvalue weighted by atomic mass is 19.1. The van der Waals surface area contributed by atoms with Crippen molar-refractivity contribution in [2.45, 2.75) is 44.9 Å². The number of benzene rings is 2. The number of nitrogens with one attached hydrogen (secondary N) is 2. The topological polar surface area (TPSA) is 129 Å². The number of amides is 1. The molecule has 3 atom stereocenters. The zero-order chi connectivity index (χ0) is 23.0. The molecule has 6 N–H and O–H groups in total. The molecule has 3 unspecified atom stereocenters. The molecule has 0 radical (unpaired) electrons. The van der Waals surface area contributed by atoms with Crippen molar-refractivity contribution in [1.29, 1.82) is 5.26 Å². The summed E-state index contributed by atoms with van der Waals surface area (Å²) in [7, 11) is 0. The van der Waals surface area contributed by atoms with Crippen LogP contribution in [0.3, 0.4) is 0 Å². The predicted octanol–water partition coefficient (Wildman–Crippen LogP) is 2.69. The maximum Gasteiger partial charge on any atom is 0.280 e. The fraction of sp³-hybridized carbons (Fsp3) is 0.318. The van der Waals surface area contributed by atoms with E-state index >= 15 is 0 Å². The predicted molar refractivity (Wildman–Crippen MR) is 115 cm³/mol. The first-order valence-electron chi connectivity index (χ1n) is 9.85. The molecule has 0 saturated heterocycles. The van der Waals surface area contributed by atoms with Gasteiger partial charge in [0.25, 0.3) is 5.91 Å². The minimum Gasteiger partial charge on any atom is -0.354 e. The van der Waals surface area contributed by atoms with Gasteiger partial charge in [-0.3, -0.25) is 4.79 Å². The summed E-state index contributed by atoms with van der Waals surface area (Å²) >= 11 is 0. The summed E-state index contributed by atoms with van der Waals surface area (Å²) < 4.78 is 26.9. The SMILES string of the molecule is CCC(C)N/C(=N/C(=O)c1cccc(C#N)c1)NC(N)CC(N)c1cc(F)cc(F)c1. The van der Waals surface area contributed by atoms with Crippen LogP contribution in [-0.2, 0) is 0 Å². The maximum absolute atomic E-state index is 13.4. The van der Waals surface area contributed by atoms with Gasteiger partial charge in [-0.1, -0.05) is 13.0 Å². The van der Waals surface area contributed by atoms with E-state index in [0.717, 1.165) is 24.6 Å². The van der Waals surface area contributed by atoms with Gasteiger partial charge in [-0.15, -0.1) is 0 Å². The standard InChI is InChI=1S/C22H26F2N6O/c1-3-13(2)28-22(30-21(31)15-6-4-5-14(7-15)12-25)29-20(27)11-19(26)16-8-17(23)10-18(24)9-16/h4-10,13,19-20H,3,11,26-27H2,1-2H3,(H2,28,29,30,31). The molecule has 0 fully saturated rings. The second-order valence-corrected chi connectivity index (χ2v) is 7.21. The Bertz CT molecular complexity index is 968. The van der Waals surface area contributed by atoms with Crippen molar-refractivity contribution in [3.8, 4) is 6.07 Å². The van der Waals surface area contributed by atoms with Crippen LogP contribution in [0.25, 0.3) is 0 Å². The lowest BCUT2D eigenvalue weighted by Crippen LogP contribution is -2.51. The number of guanidine groups is 1. The Hall–Kier alpha value is -3.35. The van der Waals surface area contributed by atoms with E-state index in [1.54, 1.807) is 18.2 Å². The molecular formula is C22H26F2N6O. The van der Waals surface area contributed by atoms with E-state index < -0.39 is 29.7 Å². The molecule has 2 aromatic rings. The first-order chi connectivity index (χ1) is 14.7. The quantitative estimate of drug-likeness (QED) is 0.305.